The minimum Gasteiger partial charge on any atom is -0.491 e. The number of rotatable bonds is 4. The van der Waals surface area contributed by atoms with Gasteiger partial charge in [-0.2, -0.15) is 0 Å². The van der Waals surface area contributed by atoms with Crippen molar-refractivity contribution in [2.75, 3.05) is 6.54 Å². The Bertz CT molecular complexity index is 406. The zero-order chi connectivity index (χ0) is 12.3. The lowest BCUT2D eigenvalue weighted by atomic mass is 10.0. The van der Waals surface area contributed by atoms with Crippen molar-refractivity contribution in [2.45, 2.75) is 26.7 Å². The number of quaternary nitrogens is 1. The van der Waals surface area contributed by atoms with Crippen LogP contribution >= 0.6 is 11.3 Å². The van der Waals surface area contributed by atoms with Crippen LogP contribution in [0.3, 0.4) is 0 Å². The van der Waals surface area contributed by atoms with Crippen molar-refractivity contribution in [1.29, 1.82) is 0 Å². The maximum Gasteiger partial charge on any atom is 0.0927 e. The largest absolute Gasteiger partial charge is 0.491 e. The standard InChI is InChI=1S/C13H19N3S/c1-10(2)12-4-5-15-16(8-12)7-11(3)13-6-14-9-17-13/h4-6,8-11,16H,7H2,1-3H3/t11-/m1/s1. The molecule has 0 aliphatic carbocycles. The quantitative estimate of drug-likeness (QED) is 0.873. The van der Waals surface area contributed by atoms with Crippen molar-refractivity contribution in [2.24, 2.45) is 5.92 Å². The van der Waals surface area contributed by atoms with Crippen LogP contribution in [0.15, 0.2) is 35.8 Å². The monoisotopic (exact) mass is 249 g/mol. The van der Waals surface area contributed by atoms with Crippen LogP contribution in [0.25, 0.3) is 5.43 Å². The molecule has 2 atom stereocenters. The molecule has 0 aromatic carbocycles. The van der Waals surface area contributed by atoms with E-state index in [1.807, 2.05) is 17.9 Å². The van der Waals surface area contributed by atoms with Gasteiger partial charge < -0.3 is 10.4 Å². The Morgan fingerprint density at radius 2 is 2.24 bits per heavy atom. The molecule has 0 fully saturated rings. The van der Waals surface area contributed by atoms with E-state index >= 15 is 0 Å². The lowest BCUT2D eigenvalue weighted by Gasteiger charge is -2.32. The number of nitrogens with one attached hydrogen (secondary N) is 1. The van der Waals surface area contributed by atoms with Gasteiger partial charge >= 0.3 is 0 Å². The van der Waals surface area contributed by atoms with Gasteiger partial charge in [0.15, 0.2) is 0 Å². The Hall–Kier alpha value is -1.13. The first-order chi connectivity index (χ1) is 8.16. The molecular weight excluding hydrogens is 230 g/mol. The van der Waals surface area contributed by atoms with Gasteiger partial charge in [-0.1, -0.05) is 26.8 Å². The van der Waals surface area contributed by atoms with Crippen LogP contribution in [0.5, 0.6) is 0 Å². The van der Waals surface area contributed by atoms with E-state index in [1.165, 1.54) is 15.5 Å². The van der Waals surface area contributed by atoms with Crippen LogP contribution in [0, 0.1) is 5.92 Å². The molecule has 3 nitrogen and oxygen atoms in total. The number of thiazole rings is 1. The first kappa shape index (κ1) is 12.3. The molecule has 17 heavy (non-hydrogen) atoms. The SMILES string of the molecule is CC(C)C1=C[NH+](C[C@@H](C)c2cncs2)[N-]C=C1. The van der Waals surface area contributed by atoms with E-state index in [1.54, 1.807) is 11.3 Å². The van der Waals surface area contributed by atoms with Gasteiger partial charge in [0.05, 0.1) is 18.3 Å². The summed E-state index contributed by atoms with van der Waals surface area (Å²) in [6.07, 6.45) is 8.21. The molecule has 1 unspecified atom stereocenters. The highest BCUT2D eigenvalue weighted by Gasteiger charge is 2.13. The van der Waals surface area contributed by atoms with Gasteiger partial charge in [0.1, 0.15) is 0 Å². The molecule has 0 saturated heterocycles. The summed E-state index contributed by atoms with van der Waals surface area (Å²) in [6, 6.07) is 0. The summed E-state index contributed by atoms with van der Waals surface area (Å²) in [5.74, 6) is 1.06. The average Bonchev–Trinajstić information content (AvgIpc) is 2.82. The maximum absolute atomic E-state index is 4.46. The van der Waals surface area contributed by atoms with Crippen molar-refractivity contribution in [3.8, 4) is 0 Å². The Morgan fingerprint density at radius 1 is 1.41 bits per heavy atom. The summed E-state index contributed by atoms with van der Waals surface area (Å²) in [7, 11) is 0. The van der Waals surface area contributed by atoms with Crippen LogP contribution in [-0.4, -0.2) is 11.5 Å². The molecular formula is C13H19N3S. The molecule has 1 aliphatic heterocycles. The van der Waals surface area contributed by atoms with Crippen LogP contribution in [0.2, 0.25) is 0 Å². The smallest absolute Gasteiger partial charge is 0.0927 e. The summed E-state index contributed by atoms with van der Waals surface area (Å²) in [5, 5.41) is 1.18. The van der Waals surface area contributed by atoms with Crippen LogP contribution in [0.1, 0.15) is 31.6 Å². The van der Waals surface area contributed by atoms with Gasteiger partial charge in [0, 0.05) is 22.6 Å². The van der Waals surface area contributed by atoms with E-state index in [9.17, 15) is 0 Å². The zero-order valence-electron chi connectivity index (χ0n) is 10.6. The molecule has 1 aliphatic rings. The molecule has 2 rings (SSSR count). The van der Waals surface area contributed by atoms with Gasteiger partial charge in [-0.05, 0) is 5.92 Å². The molecule has 1 N–H and O–H groups in total. The Kier molecular flexibility index (Phi) is 3.97. The van der Waals surface area contributed by atoms with Crippen molar-refractivity contribution >= 4 is 11.3 Å². The minimum atomic E-state index is 0.498. The second kappa shape index (κ2) is 5.47. The van der Waals surface area contributed by atoms with E-state index in [2.05, 4.69) is 43.5 Å². The summed E-state index contributed by atoms with van der Waals surface area (Å²) < 4.78 is 0. The Balaban J connectivity index is 1.98. The van der Waals surface area contributed by atoms with Crippen LogP contribution < -0.4 is 5.01 Å². The molecule has 1 aromatic rings. The van der Waals surface area contributed by atoms with E-state index in [0.717, 1.165) is 6.54 Å². The molecule has 1 aromatic heterocycles. The van der Waals surface area contributed by atoms with Crippen molar-refractivity contribution in [1.82, 2.24) is 4.98 Å². The van der Waals surface area contributed by atoms with Crippen molar-refractivity contribution < 1.29 is 5.01 Å². The number of nitrogens with zero attached hydrogens (tertiary/aromatic N) is 2. The summed E-state index contributed by atoms with van der Waals surface area (Å²) >= 11 is 1.72. The third-order valence-electron chi connectivity index (χ3n) is 2.96. The number of aromatic nitrogens is 1. The molecule has 0 saturated carbocycles. The fourth-order valence-electron chi connectivity index (χ4n) is 1.85. The first-order valence-electron chi connectivity index (χ1n) is 6.00. The maximum atomic E-state index is 4.46. The van der Waals surface area contributed by atoms with Crippen LogP contribution in [0.4, 0.5) is 0 Å². The highest BCUT2D eigenvalue weighted by Crippen LogP contribution is 2.18. The predicted octanol–water partition coefficient (Wildman–Crippen LogP) is 2.49. The zero-order valence-corrected chi connectivity index (χ0v) is 11.4. The van der Waals surface area contributed by atoms with Gasteiger partial charge in [0.25, 0.3) is 0 Å². The van der Waals surface area contributed by atoms with Gasteiger partial charge in [-0.25, -0.2) is 0 Å². The van der Waals surface area contributed by atoms with E-state index in [4.69, 9.17) is 0 Å². The molecule has 4 heteroatoms. The highest BCUT2D eigenvalue weighted by atomic mass is 32.1. The molecule has 2 heterocycles. The van der Waals surface area contributed by atoms with Crippen molar-refractivity contribution in [3.05, 3.63) is 46.1 Å². The fraction of sp³-hybridized carbons (Fsp3) is 0.462. The fourth-order valence-corrected chi connectivity index (χ4v) is 2.53. The lowest BCUT2D eigenvalue weighted by Crippen LogP contribution is -3.03. The van der Waals surface area contributed by atoms with Gasteiger partial charge in [-0.3, -0.25) is 4.98 Å². The van der Waals surface area contributed by atoms with Gasteiger partial charge in [0.2, 0.25) is 0 Å². The second-order valence-electron chi connectivity index (χ2n) is 4.74. The van der Waals surface area contributed by atoms with Gasteiger partial charge in [-0.15, -0.1) is 17.5 Å². The second-order valence-corrected chi connectivity index (χ2v) is 5.66. The van der Waals surface area contributed by atoms with Crippen LogP contribution in [-0.2, 0) is 0 Å². The van der Waals surface area contributed by atoms with Crippen molar-refractivity contribution in [3.63, 3.8) is 0 Å². The highest BCUT2D eigenvalue weighted by molar-refractivity contribution is 7.09. The summed E-state index contributed by atoms with van der Waals surface area (Å²) in [4.78, 5) is 5.46. The van der Waals surface area contributed by atoms with E-state index in [-0.39, 0.29) is 0 Å². The molecule has 0 amide bonds. The summed E-state index contributed by atoms with van der Waals surface area (Å²) in [6.45, 7) is 7.65. The summed E-state index contributed by atoms with van der Waals surface area (Å²) in [5.41, 5.74) is 7.72. The van der Waals surface area contributed by atoms with E-state index in [0.29, 0.717) is 11.8 Å². The number of hydrogen-bond acceptors (Lipinski definition) is 2. The first-order valence-corrected chi connectivity index (χ1v) is 6.88. The molecule has 0 spiro atoms. The average molecular weight is 249 g/mol. The normalized spacial score (nSPS) is 21.2. The molecule has 92 valence electrons. The predicted molar refractivity (Wildman–Crippen MR) is 71.8 cm³/mol. The molecule has 0 bridgehead atoms. The number of hydrogen-bond donors (Lipinski definition) is 1. The number of allylic oxidation sites excluding steroid dienone is 2. The third-order valence-corrected chi connectivity index (χ3v) is 3.97. The minimum absolute atomic E-state index is 0.498. The third kappa shape index (κ3) is 3.17. The lowest BCUT2D eigenvalue weighted by molar-refractivity contribution is -0.806. The Morgan fingerprint density at radius 3 is 2.88 bits per heavy atom. The molecule has 0 radical (unpaired) electrons. The Labute approximate surface area is 107 Å². The van der Waals surface area contributed by atoms with E-state index < -0.39 is 0 Å². The topological polar surface area (TPSA) is 31.4 Å².